The molecule has 2 rings (SSSR count). The highest BCUT2D eigenvalue weighted by Gasteiger charge is 2.06. The molecule has 0 heterocycles. The monoisotopic (exact) mass is 341 g/mol. The first kappa shape index (κ1) is 17.7. The van der Waals surface area contributed by atoms with Gasteiger partial charge in [-0.05, 0) is 35.7 Å². The fourth-order valence-electron chi connectivity index (χ4n) is 2.04. The standard InChI is InChI=1S/C18H19N3O2S/c1-13-8-15(10-16(9-13)17(22)23-2)11-20-21-18(19)24-12-14-6-4-3-5-7-14/h3-11H,12H2,1-2H3,(H2,19,21). The van der Waals surface area contributed by atoms with Gasteiger partial charge in [-0.3, -0.25) is 0 Å². The van der Waals surface area contributed by atoms with Gasteiger partial charge >= 0.3 is 5.97 Å². The van der Waals surface area contributed by atoms with Crippen molar-refractivity contribution >= 4 is 29.1 Å². The molecule has 0 saturated heterocycles. The largest absolute Gasteiger partial charge is 0.465 e. The number of hydrogen-bond acceptors (Lipinski definition) is 5. The van der Waals surface area contributed by atoms with Gasteiger partial charge in [-0.2, -0.15) is 5.10 Å². The van der Waals surface area contributed by atoms with Crippen molar-refractivity contribution in [2.45, 2.75) is 12.7 Å². The predicted octanol–water partition coefficient (Wildman–Crippen LogP) is 3.36. The molecule has 0 saturated carbocycles. The second-order valence-electron chi connectivity index (χ2n) is 5.08. The van der Waals surface area contributed by atoms with Crippen molar-refractivity contribution in [3.63, 3.8) is 0 Å². The van der Waals surface area contributed by atoms with Crippen LogP contribution in [0.2, 0.25) is 0 Å². The van der Waals surface area contributed by atoms with E-state index in [1.165, 1.54) is 24.4 Å². The summed E-state index contributed by atoms with van der Waals surface area (Å²) in [6.07, 6.45) is 1.56. The van der Waals surface area contributed by atoms with Gasteiger partial charge in [0.1, 0.15) is 0 Å². The Morgan fingerprint density at radius 2 is 2.00 bits per heavy atom. The van der Waals surface area contributed by atoms with Gasteiger partial charge in [0.2, 0.25) is 0 Å². The molecule has 0 aliphatic heterocycles. The molecule has 0 spiro atoms. The first-order valence-corrected chi connectivity index (χ1v) is 8.30. The molecule has 0 radical (unpaired) electrons. The summed E-state index contributed by atoms with van der Waals surface area (Å²) in [5, 5.41) is 8.34. The van der Waals surface area contributed by atoms with E-state index in [2.05, 4.69) is 10.2 Å². The minimum atomic E-state index is -0.380. The minimum Gasteiger partial charge on any atom is -0.465 e. The van der Waals surface area contributed by atoms with Gasteiger partial charge in [0.05, 0.1) is 18.9 Å². The Morgan fingerprint density at radius 1 is 1.25 bits per heavy atom. The highest BCUT2D eigenvalue weighted by atomic mass is 32.2. The number of thioether (sulfide) groups is 1. The summed E-state index contributed by atoms with van der Waals surface area (Å²) in [5.74, 6) is 0.359. The number of amidine groups is 1. The number of hydrogen-bond donors (Lipinski definition) is 1. The first-order valence-electron chi connectivity index (χ1n) is 7.31. The molecule has 0 atom stereocenters. The predicted molar refractivity (Wildman–Crippen MR) is 99.5 cm³/mol. The number of nitrogens with two attached hydrogens (primary N) is 1. The van der Waals surface area contributed by atoms with Crippen molar-refractivity contribution in [2.75, 3.05) is 7.11 Å². The van der Waals surface area contributed by atoms with E-state index in [9.17, 15) is 4.79 Å². The van der Waals surface area contributed by atoms with Gasteiger partial charge in [-0.25, -0.2) is 4.79 Å². The summed E-state index contributed by atoms with van der Waals surface area (Å²) in [4.78, 5) is 11.6. The highest BCUT2D eigenvalue weighted by Crippen LogP contribution is 2.12. The van der Waals surface area contributed by atoms with E-state index in [4.69, 9.17) is 10.5 Å². The Hall–Kier alpha value is -2.60. The fraction of sp³-hybridized carbons (Fsp3) is 0.167. The van der Waals surface area contributed by atoms with Crippen LogP contribution in [0.25, 0.3) is 0 Å². The van der Waals surface area contributed by atoms with Crippen LogP contribution < -0.4 is 5.73 Å². The number of methoxy groups -OCH3 is 1. The van der Waals surface area contributed by atoms with Gasteiger partial charge in [0.15, 0.2) is 5.17 Å². The lowest BCUT2D eigenvalue weighted by atomic mass is 10.1. The van der Waals surface area contributed by atoms with Crippen LogP contribution in [0, 0.1) is 6.92 Å². The van der Waals surface area contributed by atoms with Crippen molar-refractivity contribution < 1.29 is 9.53 Å². The zero-order valence-electron chi connectivity index (χ0n) is 13.6. The third-order valence-electron chi connectivity index (χ3n) is 3.11. The smallest absolute Gasteiger partial charge is 0.337 e. The van der Waals surface area contributed by atoms with Crippen LogP contribution in [0.1, 0.15) is 27.0 Å². The van der Waals surface area contributed by atoms with Crippen molar-refractivity contribution in [3.8, 4) is 0 Å². The van der Waals surface area contributed by atoms with E-state index >= 15 is 0 Å². The van der Waals surface area contributed by atoms with Crippen LogP contribution >= 0.6 is 11.8 Å². The van der Waals surface area contributed by atoms with Crippen LogP contribution in [0.4, 0.5) is 0 Å². The summed E-state index contributed by atoms with van der Waals surface area (Å²) in [5.41, 5.74) is 9.20. The quantitative estimate of drug-likeness (QED) is 0.391. The highest BCUT2D eigenvalue weighted by molar-refractivity contribution is 8.13. The van der Waals surface area contributed by atoms with E-state index in [0.717, 1.165) is 16.9 Å². The number of ether oxygens (including phenoxy) is 1. The summed E-state index contributed by atoms with van der Waals surface area (Å²) >= 11 is 1.42. The second-order valence-corrected chi connectivity index (χ2v) is 6.08. The lowest BCUT2D eigenvalue weighted by Gasteiger charge is -2.02. The van der Waals surface area contributed by atoms with Gasteiger partial charge in [-0.1, -0.05) is 48.2 Å². The third kappa shape index (κ3) is 5.55. The molecular formula is C18H19N3O2S. The number of nitrogens with zero attached hydrogens (tertiary/aromatic N) is 2. The van der Waals surface area contributed by atoms with Gasteiger partial charge in [0, 0.05) is 5.75 Å². The average Bonchev–Trinajstić information content (AvgIpc) is 2.59. The van der Waals surface area contributed by atoms with Gasteiger partial charge in [-0.15, -0.1) is 5.10 Å². The topological polar surface area (TPSA) is 77.0 Å². The molecule has 24 heavy (non-hydrogen) atoms. The molecule has 0 unspecified atom stereocenters. The number of carbonyl (C=O) groups is 1. The maximum atomic E-state index is 11.6. The van der Waals surface area contributed by atoms with Crippen molar-refractivity contribution in [1.29, 1.82) is 0 Å². The molecule has 2 aromatic carbocycles. The Morgan fingerprint density at radius 3 is 2.71 bits per heavy atom. The molecule has 2 aromatic rings. The molecule has 5 nitrogen and oxygen atoms in total. The van der Waals surface area contributed by atoms with Crippen LogP contribution in [0.5, 0.6) is 0 Å². The Balaban J connectivity index is 1.99. The zero-order valence-corrected chi connectivity index (χ0v) is 14.4. The maximum Gasteiger partial charge on any atom is 0.337 e. The van der Waals surface area contributed by atoms with E-state index in [1.54, 1.807) is 18.3 Å². The molecule has 0 aliphatic carbocycles. The third-order valence-corrected chi connectivity index (χ3v) is 3.97. The van der Waals surface area contributed by atoms with Crippen molar-refractivity contribution in [2.24, 2.45) is 15.9 Å². The van der Waals surface area contributed by atoms with Crippen LogP contribution in [-0.2, 0) is 10.5 Å². The minimum absolute atomic E-state index is 0.380. The Kier molecular flexibility index (Phi) is 6.57. The van der Waals surface area contributed by atoms with Gasteiger partial charge in [0.25, 0.3) is 0 Å². The van der Waals surface area contributed by atoms with E-state index in [0.29, 0.717) is 10.7 Å². The van der Waals surface area contributed by atoms with E-state index < -0.39 is 0 Å². The number of esters is 1. The number of carbonyl (C=O) groups excluding carboxylic acids is 1. The van der Waals surface area contributed by atoms with Crippen LogP contribution in [-0.4, -0.2) is 24.5 Å². The Labute approximate surface area is 145 Å². The summed E-state index contributed by atoms with van der Waals surface area (Å²) < 4.78 is 4.73. The molecule has 0 amide bonds. The first-order chi connectivity index (χ1) is 11.6. The second kappa shape index (κ2) is 8.88. The SMILES string of the molecule is COC(=O)c1cc(C)cc(C=NN=C(N)SCc2ccccc2)c1. The summed E-state index contributed by atoms with van der Waals surface area (Å²) in [6, 6.07) is 15.4. The molecule has 0 fully saturated rings. The van der Waals surface area contributed by atoms with E-state index in [1.807, 2.05) is 43.3 Å². The summed E-state index contributed by atoms with van der Waals surface area (Å²) in [6.45, 7) is 1.90. The molecule has 2 N–H and O–H groups in total. The maximum absolute atomic E-state index is 11.6. The summed E-state index contributed by atoms with van der Waals surface area (Å²) in [7, 11) is 1.35. The number of benzene rings is 2. The van der Waals surface area contributed by atoms with Gasteiger partial charge < -0.3 is 10.5 Å². The van der Waals surface area contributed by atoms with Crippen LogP contribution in [0.3, 0.4) is 0 Å². The normalized spacial score (nSPS) is 11.7. The molecule has 0 bridgehead atoms. The fourth-order valence-corrected chi connectivity index (χ4v) is 2.65. The lowest BCUT2D eigenvalue weighted by molar-refractivity contribution is 0.0600. The molecular weight excluding hydrogens is 322 g/mol. The van der Waals surface area contributed by atoms with E-state index in [-0.39, 0.29) is 5.97 Å². The molecule has 0 aromatic heterocycles. The van der Waals surface area contributed by atoms with Crippen molar-refractivity contribution in [3.05, 3.63) is 70.8 Å². The Bertz CT molecular complexity index is 758. The number of rotatable bonds is 5. The average molecular weight is 341 g/mol. The molecule has 124 valence electrons. The molecule has 6 heteroatoms. The lowest BCUT2D eigenvalue weighted by Crippen LogP contribution is -2.06. The number of aryl methyl sites for hydroxylation is 1. The van der Waals surface area contributed by atoms with Crippen molar-refractivity contribution in [1.82, 2.24) is 0 Å². The molecule has 0 aliphatic rings. The zero-order chi connectivity index (χ0) is 17.4. The van der Waals surface area contributed by atoms with Crippen LogP contribution in [0.15, 0.2) is 58.7 Å².